The molecular formula is C19H22ClNO2. The molecule has 0 aliphatic heterocycles. The molecule has 122 valence electrons. The number of hydrogen-bond donors (Lipinski definition) is 0. The average Bonchev–Trinajstić information content (AvgIpc) is 2.52. The van der Waals surface area contributed by atoms with E-state index in [0.717, 1.165) is 11.3 Å². The number of hydrogen-bond acceptors (Lipinski definition) is 3. The third-order valence-electron chi connectivity index (χ3n) is 3.47. The van der Waals surface area contributed by atoms with E-state index in [1.807, 2.05) is 32.0 Å². The zero-order chi connectivity index (χ0) is 16.8. The van der Waals surface area contributed by atoms with Crippen molar-refractivity contribution in [2.24, 2.45) is 4.99 Å². The first kappa shape index (κ1) is 17.4. The van der Waals surface area contributed by atoms with Gasteiger partial charge in [-0.3, -0.25) is 4.99 Å². The Morgan fingerprint density at radius 2 is 1.74 bits per heavy atom. The molecule has 0 aliphatic carbocycles. The van der Waals surface area contributed by atoms with Crippen LogP contribution < -0.4 is 9.47 Å². The first-order chi connectivity index (χ1) is 11.0. The van der Waals surface area contributed by atoms with Gasteiger partial charge in [0, 0.05) is 6.21 Å². The Bertz CT molecular complexity index is 711. The SMILES string of the molecule is CCOc1cc(C=Nc2ccc(C)c(C)c2)cc(Cl)c1OCC. The molecule has 0 heterocycles. The van der Waals surface area contributed by atoms with Gasteiger partial charge >= 0.3 is 0 Å². The summed E-state index contributed by atoms with van der Waals surface area (Å²) in [5.74, 6) is 1.22. The van der Waals surface area contributed by atoms with E-state index in [1.54, 1.807) is 6.21 Å². The van der Waals surface area contributed by atoms with Gasteiger partial charge in [-0.1, -0.05) is 17.7 Å². The smallest absolute Gasteiger partial charge is 0.179 e. The lowest BCUT2D eigenvalue weighted by Crippen LogP contribution is -2.00. The minimum Gasteiger partial charge on any atom is -0.490 e. The number of halogens is 1. The Balaban J connectivity index is 2.31. The van der Waals surface area contributed by atoms with Gasteiger partial charge in [-0.15, -0.1) is 0 Å². The molecule has 2 rings (SSSR count). The van der Waals surface area contributed by atoms with Gasteiger partial charge in [-0.25, -0.2) is 0 Å². The van der Waals surface area contributed by atoms with Crippen LogP contribution in [-0.2, 0) is 0 Å². The quantitative estimate of drug-likeness (QED) is 0.654. The number of nitrogens with zero attached hydrogens (tertiary/aromatic N) is 1. The highest BCUT2D eigenvalue weighted by molar-refractivity contribution is 6.32. The molecule has 0 amide bonds. The molecular weight excluding hydrogens is 310 g/mol. The summed E-state index contributed by atoms with van der Waals surface area (Å²) in [5.41, 5.74) is 4.27. The molecule has 2 aromatic rings. The zero-order valence-corrected chi connectivity index (χ0v) is 14.8. The van der Waals surface area contributed by atoms with Gasteiger partial charge in [-0.2, -0.15) is 0 Å². The van der Waals surface area contributed by atoms with Crippen molar-refractivity contribution in [3.63, 3.8) is 0 Å². The Labute approximate surface area is 142 Å². The van der Waals surface area contributed by atoms with Crippen molar-refractivity contribution in [2.75, 3.05) is 13.2 Å². The molecule has 23 heavy (non-hydrogen) atoms. The lowest BCUT2D eigenvalue weighted by Gasteiger charge is -2.13. The van der Waals surface area contributed by atoms with Crippen LogP contribution in [0.2, 0.25) is 5.02 Å². The third kappa shape index (κ3) is 4.49. The van der Waals surface area contributed by atoms with Crippen molar-refractivity contribution in [2.45, 2.75) is 27.7 Å². The second-order valence-electron chi connectivity index (χ2n) is 5.22. The highest BCUT2D eigenvalue weighted by Crippen LogP contribution is 2.36. The van der Waals surface area contributed by atoms with E-state index in [2.05, 4.69) is 31.0 Å². The van der Waals surface area contributed by atoms with Crippen LogP contribution in [0.25, 0.3) is 0 Å². The Morgan fingerprint density at radius 3 is 2.39 bits per heavy atom. The van der Waals surface area contributed by atoms with Gasteiger partial charge in [0.2, 0.25) is 0 Å². The van der Waals surface area contributed by atoms with Crippen LogP contribution in [0, 0.1) is 13.8 Å². The van der Waals surface area contributed by atoms with Crippen molar-refractivity contribution >= 4 is 23.5 Å². The number of rotatable bonds is 6. The minimum atomic E-state index is 0.527. The van der Waals surface area contributed by atoms with Crippen molar-refractivity contribution in [1.82, 2.24) is 0 Å². The molecule has 2 aromatic carbocycles. The zero-order valence-electron chi connectivity index (χ0n) is 14.0. The maximum atomic E-state index is 6.31. The molecule has 3 nitrogen and oxygen atoms in total. The molecule has 0 saturated carbocycles. The van der Waals surface area contributed by atoms with Gasteiger partial charge in [0.15, 0.2) is 11.5 Å². The second kappa shape index (κ2) is 8.02. The predicted octanol–water partition coefficient (Wildman–Crippen LogP) is 5.50. The lowest BCUT2D eigenvalue weighted by atomic mass is 10.1. The van der Waals surface area contributed by atoms with Gasteiger partial charge in [-0.05, 0) is 68.7 Å². The van der Waals surface area contributed by atoms with E-state index < -0.39 is 0 Å². The van der Waals surface area contributed by atoms with Crippen molar-refractivity contribution in [1.29, 1.82) is 0 Å². The first-order valence-electron chi connectivity index (χ1n) is 7.75. The highest BCUT2D eigenvalue weighted by Gasteiger charge is 2.11. The normalized spacial score (nSPS) is 11.0. The standard InChI is InChI=1S/C19H22ClNO2/c1-5-22-18-11-15(10-17(20)19(18)23-6-2)12-21-16-8-7-13(3)14(4)9-16/h7-12H,5-6H2,1-4H3. The molecule has 0 spiro atoms. The maximum Gasteiger partial charge on any atom is 0.179 e. The van der Waals surface area contributed by atoms with Crippen LogP contribution in [0.15, 0.2) is 35.3 Å². The van der Waals surface area contributed by atoms with E-state index in [0.29, 0.717) is 29.7 Å². The molecule has 0 saturated heterocycles. The summed E-state index contributed by atoms with van der Waals surface area (Å²) in [7, 11) is 0. The Kier molecular flexibility index (Phi) is 6.05. The number of benzene rings is 2. The predicted molar refractivity (Wildman–Crippen MR) is 97.0 cm³/mol. The van der Waals surface area contributed by atoms with E-state index in [1.165, 1.54) is 11.1 Å². The van der Waals surface area contributed by atoms with Gasteiger partial charge in [0.1, 0.15) is 0 Å². The van der Waals surface area contributed by atoms with Crippen molar-refractivity contribution in [3.05, 3.63) is 52.0 Å². The summed E-state index contributed by atoms with van der Waals surface area (Å²) in [5, 5.41) is 0.527. The largest absolute Gasteiger partial charge is 0.490 e. The highest BCUT2D eigenvalue weighted by atomic mass is 35.5. The molecule has 0 atom stereocenters. The first-order valence-corrected chi connectivity index (χ1v) is 8.13. The van der Waals surface area contributed by atoms with Crippen molar-refractivity contribution in [3.8, 4) is 11.5 Å². The molecule has 4 heteroatoms. The lowest BCUT2D eigenvalue weighted by molar-refractivity contribution is 0.288. The van der Waals surface area contributed by atoms with Gasteiger partial charge in [0.05, 0.1) is 23.9 Å². The second-order valence-corrected chi connectivity index (χ2v) is 5.63. The fourth-order valence-corrected chi connectivity index (χ4v) is 2.44. The maximum absolute atomic E-state index is 6.31. The van der Waals surface area contributed by atoms with E-state index in [-0.39, 0.29) is 0 Å². The number of ether oxygens (including phenoxy) is 2. The summed E-state index contributed by atoms with van der Waals surface area (Å²) in [6, 6.07) is 9.85. The minimum absolute atomic E-state index is 0.527. The van der Waals surface area contributed by atoms with Crippen LogP contribution in [0.4, 0.5) is 5.69 Å². The number of aliphatic imine (C=N–C) groups is 1. The summed E-state index contributed by atoms with van der Waals surface area (Å²) >= 11 is 6.31. The molecule has 0 N–H and O–H groups in total. The summed E-state index contributed by atoms with van der Waals surface area (Å²) < 4.78 is 11.2. The topological polar surface area (TPSA) is 30.8 Å². The molecule has 0 unspecified atom stereocenters. The Hall–Kier alpha value is -2.00. The van der Waals surface area contributed by atoms with E-state index in [4.69, 9.17) is 21.1 Å². The van der Waals surface area contributed by atoms with Crippen LogP contribution >= 0.6 is 11.6 Å². The third-order valence-corrected chi connectivity index (χ3v) is 3.75. The fraction of sp³-hybridized carbons (Fsp3) is 0.316. The summed E-state index contributed by atoms with van der Waals surface area (Å²) in [4.78, 5) is 4.52. The van der Waals surface area contributed by atoms with E-state index in [9.17, 15) is 0 Å². The fourth-order valence-electron chi connectivity index (χ4n) is 2.16. The van der Waals surface area contributed by atoms with Gasteiger partial charge in [0.25, 0.3) is 0 Å². The van der Waals surface area contributed by atoms with Crippen LogP contribution in [0.5, 0.6) is 11.5 Å². The van der Waals surface area contributed by atoms with E-state index >= 15 is 0 Å². The van der Waals surface area contributed by atoms with Crippen molar-refractivity contribution < 1.29 is 9.47 Å². The summed E-state index contributed by atoms with van der Waals surface area (Å²) in [6.07, 6.45) is 1.79. The molecule has 0 aromatic heterocycles. The van der Waals surface area contributed by atoms with Crippen LogP contribution in [-0.4, -0.2) is 19.4 Å². The average molecular weight is 332 g/mol. The molecule has 0 bridgehead atoms. The van der Waals surface area contributed by atoms with Crippen LogP contribution in [0.3, 0.4) is 0 Å². The molecule has 0 aliphatic rings. The number of aryl methyl sites for hydroxylation is 2. The molecule has 0 fully saturated rings. The Morgan fingerprint density at radius 1 is 1.00 bits per heavy atom. The summed E-state index contributed by atoms with van der Waals surface area (Å²) in [6.45, 7) is 9.10. The van der Waals surface area contributed by atoms with Gasteiger partial charge < -0.3 is 9.47 Å². The monoisotopic (exact) mass is 331 g/mol. The van der Waals surface area contributed by atoms with Crippen LogP contribution in [0.1, 0.15) is 30.5 Å². The molecule has 0 radical (unpaired) electrons.